The second kappa shape index (κ2) is 5.66. The molecule has 2 rings (SSSR count). The smallest absolute Gasteiger partial charge is 0.189 e. The average molecular weight is 311 g/mol. The molecule has 2 aromatic rings. The predicted molar refractivity (Wildman–Crippen MR) is 78.4 cm³/mol. The standard InChI is InChI=1S/C12H8Cl2N4S/c1-19-12-17-10(8(5-15)11(16)18-12)7-3-2-6(13)4-9(7)14/h2-4H,1H3,(H2,16,17,18). The number of anilines is 1. The molecule has 7 heteroatoms. The third-order valence-electron chi connectivity index (χ3n) is 2.40. The summed E-state index contributed by atoms with van der Waals surface area (Å²) in [6, 6.07) is 6.99. The number of nitrogen functional groups attached to an aromatic ring is 1. The SMILES string of the molecule is CSc1nc(N)c(C#N)c(-c2ccc(Cl)cc2Cl)n1. The quantitative estimate of drug-likeness (QED) is 0.677. The minimum atomic E-state index is 0.142. The van der Waals surface area contributed by atoms with Gasteiger partial charge in [-0.2, -0.15) is 5.26 Å². The van der Waals surface area contributed by atoms with E-state index < -0.39 is 0 Å². The first-order valence-corrected chi connectivity index (χ1v) is 7.12. The molecule has 1 heterocycles. The fourth-order valence-corrected chi connectivity index (χ4v) is 2.40. The first-order valence-electron chi connectivity index (χ1n) is 5.14. The highest BCUT2D eigenvalue weighted by molar-refractivity contribution is 7.98. The Bertz CT molecular complexity index is 682. The highest BCUT2D eigenvalue weighted by atomic mass is 35.5. The van der Waals surface area contributed by atoms with Crippen molar-refractivity contribution < 1.29 is 0 Å². The van der Waals surface area contributed by atoms with Gasteiger partial charge in [0.05, 0.1) is 10.7 Å². The molecule has 0 amide bonds. The molecule has 0 saturated carbocycles. The summed E-state index contributed by atoms with van der Waals surface area (Å²) >= 11 is 13.3. The maximum absolute atomic E-state index is 9.18. The third-order valence-corrected chi connectivity index (χ3v) is 3.49. The van der Waals surface area contributed by atoms with Crippen LogP contribution in [0.4, 0.5) is 5.82 Å². The fraction of sp³-hybridized carbons (Fsp3) is 0.0833. The number of aromatic nitrogens is 2. The highest BCUT2D eigenvalue weighted by Gasteiger charge is 2.16. The number of nitrogens with zero attached hydrogens (tertiary/aromatic N) is 3. The second-order valence-electron chi connectivity index (χ2n) is 3.56. The lowest BCUT2D eigenvalue weighted by molar-refractivity contribution is 0.979. The molecule has 4 nitrogen and oxygen atoms in total. The maximum Gasteiger partial charge on any atom is 0.189 e. The average Bonchev–Trinajstić information content (AvgIpc) is 2.37. The Morgan fingerprint density at radius 3 is 2.63 bits per heavy atom. The van der Waals surface area contributed by atoms with E-state index in [2.05, 4.69) is 9.97 Å². The molecule has 0 bridgehead atoms. The van der Waals surface area contributed by atoms with E-state index in [1.807, 2.05) is 12.3 Å². The Morgan fingerprint density at radius 2 is 2.05 bits per heavy atom. The van der Waals surface area contributed by atoms with Crippen molar-refractivity contribution >= 4 is 40.8 Å². The number of benzene rings is 1. The van der Waals surface area contributed by atoms with Crippen LogP contribution in [0, 0.1) is 11.3 Å². The number of halogens is 2. The topological polar surface area (TPSA) is 75.6 Å². The molecule has 96 valence electrons. The van der Waals surface area contributed by atoms with Crippen LogP contribution in [-0.4, -0.2) is 16.2 Å². The van der Waals surface area contributed by atoms with Gasteiger partial charge < -0.3 is 5.73 Å². The number of hydrogen-bond acceptors (Lipinski definition) is 5. The van der Waals surface area contributed by atoms with Crippen molar-refractivity contribution in [2.75, 3.05) is 12.0 Å². The van der Waals surface area contributed by atoms with Gasteiger partial charge in [0.2, 0.25) is 0 Å². The monoisotopic (exact) mass is 310 g/mol. The predicted octanol–water partition coefficient (Wildman–Crippen LogP) is 3.63. The van der Waals surface area contributed by atoms with Crippen LogP contribution in [0.1, 0.15) is 5.56 Å². The molecule has 0 aliphatic heterocycles. The second-order valence-corrected chi connectivity index (χ2v) is 5.17. The maximum atomic E-state index is 9.18. The highest BCUT2D eigenvalue weighted by Crippen LogP contribution is 2.33. The van der Waals surface area contributed by atoms with Gasteiger partial charge in [0.1, 0.15) is 17.5 Å². The molecule has 19 heavy (non-hydrogen) atoms. The van der Waals surface area contributed by atoms with Gasteiger partial charge in [-0.1, -0.05) is 35.0 Å². The molecule has 0 saturated heterocycles. The molecule has 0 aliphatic rings. The summed E-state index contributed by atoms with van der Waals surface area (Å²) in [6.45, 7) is 0. The van der Waals surface area contributed by atoms with Gasteiger partial charge >= 0.3 is 0 Å². The zero-order chi connectivity index (χ0) is 14.0. The molecular formula is C12H8Cl2N4S. The van der Waals surface area contributed by atoms with Gasteiger partial charge in [-0.25, -0.2) is 9.97 Å². The molecule has 0 fully saturated rings. The lowest BCUT2D eigenvalue weighted by Gasteiger charge is -2.09. The van der Waals surface area contributed by atoms with Crippen LogP contribution >= 0.6 is 35.0 Å². The van der Waals surface area contributed by atoms with Crippen LogP contribution < -0.4 is 5.73 Å². The van der Waals surface area contributed by atoms with Gasteiger partial charge in [0.15, 0.2) is 5.16 Å². The molecule has 0 aliphatic carbocycles. The van der Waals surface area contributed by atoms with Gasteiger partial charge in [-0.05, 0) is 24.5 Å². The molecule has 1 aromatic carbocycles. The van der Waals surface area contributed by atoms with Crippen molar-refractivity contribution in [3.05, 3.63) is 33.8 Å². The van der Waals surface area contributed by atoms with E-state index in [1.54, 1.807) is 18.2 Å². The molecule has 2 N–H and O–H groups in total. The summed E-state index contributed by atoms with van der Waals surface area (Å²) in [5.74, 6) is 0.142. The molecule has 0 atom stereocenters. The normalized spacial score (nSPS) is 10.2. The van der Waals surface area contributed by atoms with Crippen molar-refractivity contribution in [1.82, 2.24) is 9.97 Å². The van der Waals surface area contributed by atoms with Crippen LogP contribution in [-0.2, 0) is 0 Å². The van der Waals surface area contributed by atoms with Crippen LogP contribution in [0.2, 0.25) is 10.0 Å². The summed E-state index contributed by atoms with van der Waals surface area (Å²) in [5.41, 5.74) is 7.00. The molecule has 0 radical (unpaired) electrons. The summed E-state index contributed by atoms with van der Waals surface area (Å²) in [6.07, 6.45) is 1.83. The Morgan fingerprint density at radius 1 is 1.32 bits per heavy atom. The molecule has 0 spiro atoms. The third kappa shape index (κ3) is 2.76. The summed E-state index contributed by atoms with van der Waals surface area (Å²) in [5, 5.41) is 10.6. The molecule has 0 unspecified atom stereocenters. The van der Waals surface area contributed by atoms with E-state index in [4.69, 9.17) is 28.9 Å². The first-order chi connectivity index (χ1) is 9.06. The van der Waals surface area contributed by atoms with Gasteiger partial charge in [-0.15, -0.1) is 0 Å². The van der Waals surface area contributed by atoms with Crippen molar-refractivity contribution in [2.45, 2.75) is 5.16 Å². The number of rotatable bonds is 2. The van der Waals surface area contributed by atoms with Crippen molar-refractivity contribution in [3.63, 3.8) is 0 Å². The van der Waals surface area contributed by atoms with Crippen LogP contribution in [0.3, 0.4) is 0 Å². The zero-order valence-corrected chi connectivity index (χ0v) is 12.1. The largest absolute Gasteiger partial charge is 0.382 e. The minimum absolute atomic E-state index is 0.142. The van der Waals surface area contributed by atoms with Crippen molar-refractivity contribution in [1.29, 1.82) is 5.26 Å². The number of thioether (sulfide) groups is 1. The van der Waals surface area contributed by atoms with E-state index in [-0.39, 0.29) is 11.4 Å². The number of nitrogens with two attached hydrogens (primary N) is 1. The first kappa shape index (κ1) is 13.9. The molecular weight excluding hydrogens is 303 g/mol. The number of nitriles is 1. The summed E-state index contributed by atoms with van der Waals surface area (Å²) in [7, 11) is 0. The van der Waals surface area contributed by atoms with Crippen LogP contribution in [0.5, 0.6) is 0 Å². The Kier molecular flexibility index (Phi) is 4.15. The van der Waals surface area contributed by atoms with Gasteiger partial charge in [0.25, 0.3) is 0 Å². The Hall–Kier alpha value is -1.48. The van der Waals surface area contributed by atoms with E-state index in [0.717, 1.165) is 0 Å². The van der Waals surface area contributed by atoms with E-state index in [1.165, 1.54) is 11.8 Å². The van der Waals surface area contributed by atoms with Gasteiger partial charge in [0, 0.05) is 10.6 Å². The fourth-order valence-electron chi connectivity index (χ4n) is 1.53. The van der Waals surface area contributed by atoms with Crippen LogP contribution in [0.25, 0.3) is 11.3 Å². The van der Waals surface area contributed by atoms with Crippen molar-refractivity contribution in [3.8, 4) is 17.3 Å². The molecule has 1 aromatic heterocycles. The van der Waals surface area contributed by atoms with E-state index in [9.17, 15) is 5.26 Å². The lowest BCUT2D eigenvalue weighted by Crippen LogP contribution is -2.02. The van der Waals surface area contributed by atoms with E-state index >= 15 is 0 Å². The summed E-state index contributed by atoms with van der Waals surface area (Å²) in [4.78, 5) is 8.34. The Labute approximate surface area is 124 Å². The van der Waals surface area contributed by atoms with E-state index in [0.29, 0.717) is 26.5 Å². The lowest BCUT2D eigenvalue weighted by atomic mass is 10.1. The minimum Gasteiger partial charge on any atom is -0.382 e. The van der Waals surface area contributed by atoms with Crippen molar-refractivity contribution in [2.24, 2.45) is 0 Å². The zero-order valence-electron chi connectivity index (χ0n) is 9.82. The van der Waals surface area contributed by atoms with Gasteiger partial charge in [-0.3, -0.25) is 0 Å². The van der Waals surface area contributed by atoms with Crippen LogP contribution in [0.15, 0.2) is 23.4 Å². The summed E-state index contributed by atoms with van der Waals surface area (Å²) < 4.78 is 0. The number of hydrogen-bond donors (Lipinski definition) is 1. The Balaban J connectivity index is 2.73.